The highest BCUT2D eigenvalue weighted by molar-refractivity contribution is 5.80. The number of carbonyl (C=O) groups excluding carboxylic acids is 1. The van der Waals surface area contributed by atoms with Gasteiger partial charge >= 0.3 is 6.09 Å². The lowest BCUT2D eigenvalue weighted by Gasteiger charge is -2.16. The standard InChI is InChI=1S/C23H25FN8O3/c1-12(2)27-23(33)35-16-11-34-20(19(16)24)15-9-17(31-30-15)29-22-28-13(3)18(14-5-4-6-25-10-14)21-26-7-8-32(21)22/h4-10,12,16,19-20H,11H2,1-3H3,(H,27,33)(H2,28,29,30,31)/t16-,19+,20-/m1/s1. The SMILES string of the molecule is Cc1nc(Nc2cc([C@H]3OC[C@@H](OC(=O)NC(C)C)[C@@H]3F)[nH]n2)n2ccnc2c1-c1cccnc1. The van der Waals surface area contributed by atoms with Crippen LogP contribution in [0.1, 0.15) is 31.3 Å². The molecular formula is C23H25FN8O3. The van der Waals surface area contributed by atoms with Crippen molar-refractivity contribution in [1.29, 1.82) is 0 Å². The molecule has 0 aromatic carbocycles. The minimum atomic E-state index is -1.54. The molecule has 0 radical (unpaired) electrons. The normalized spacial score (nSPS) is 19.9. The van der Waals surface area contributed by atoms with Gasteiger partial charge in [-0.05, 0) is 26.8 Å². The molecule has 5 rings (SSSR count). The molecule has 1 amide bonds. The maximum atomic E-state index is 15.0. The van der Waals surface area contributed by atoms with Crippen molar-refractivity contribution in [3.63, 3.8) is 0 Å². The summed E-state index contributed by atoms with van der Waals surface area (Å²) in [5.74, 6) is 0.921. The first-order valence-electron chi connectivity index (χ1n) is 11.2. The number of hydrogen-bond donors (Lipinski definition) is 3. The summed E-state index contributed by atoms with van der Waals surface area (Å²) < 4.78 is 27.5. The summed E-state index contributed by atoms with van der Waals surface area (Å²) in [5.41, 5.74) is 3.68. The maximum Gasteiger partial charge on any atom is 0.407 e. The van der Waals surface area contributed by atoms with Crippen LogP contribution >= 0.6 is 0 Å². The molecule has 0 unspecified atom stereocenters. The molecule has 182 valence electrons. The van der Waals surface area contributed by atoms with E-state index in [1.807, 2.05) is 23.5 Å². The van der Waals surface area contributed by atoms with Crippen molar-refractivity contribution in [2.24, 2.45) is 0 Å². The van der Waals surface area contributed by atoms with Gasteiger partial charge in [-0.2, -0.15) is 5.10 Å². The van der Waals surface area contributed by atoms with Gasteiger partial charge in [0, 0.05) is 48.0 Å². The van der Waals surface area contributed by atoms with E-state index in [1.54, 1.807) is 44.7 Å². The van der Waals surface area contributed by atoms with Gasteiger partial charge in [-0.25, -0.2) is 19.2 Å². The van der Waals surface area contributed by atoms with Crippen LogP contribution in [0.4, 0.5) is 21.0 Å². The average molecular weight is 481 g/mol. The highest BCUT2D eigenvalue weighted by Gasteiger charge is 2.42. The number of hydrogen-bond acceptors (Lipinski definition) is 8. The minimum Gasteiger partial charge on any atom is -0.441 e. The molecule has 3 N–H and O–H groups in total. The Kier molecular flexibility index (Phi) is 6.03. The molecule has 0 spiro atoms. The third kappa shape index (κ3) is 4.52. The Hall–Kier alpha value is -4.06. The van der Waals surface area contributed by atoms with E-state index < -0.39 is 24.5 Å². The summed E-state index contributed by atoms with van der Waals surface area (Å²) in [6.45, 7) is 5.43. The minimum absolute atomic E-state index is 0.0503. The fourth-order valence-electron chi connectivity index (χ4n) is 4.03. The third-order valence-electron chi connectivity index (χ3n) is 5.57. The summed E-state index contributed by atoms with van der Waals surface area (Å²) in [4.78, 5) is 25.2. The van der Waals surface area contributed by atoms with Crippen LogP contribution in [-0.2, 0) is 9.47 Å². The fraction of sp³-hybridized carbons (Fsp3) is 0.348. The Morgan fingerprint density at radius 2 is 2.23 bits per heavy atom. The number of imidazole rings is 1. The molecule has 1 fully saturated rings. The van der Waals surface area contributed by atoms with Crippen LogP contribution in [-0.4, -0.2) is 60.6 Å². The van der Waals surface area contributed by atoms with Crippen LogP contribution in [0.3, 0.4) is 0 Å². The van der Waals surface area contributed by atoms with Crippen LogP contribution < -0.4 is 10.6 Å². The Bertz CT molecular complexity index is 1340. The molecule has 0 aliphatic carbocycles. The number of rotatable bonds is 6. The van der Waals surface area contributed by atoms with Crippen LogP contribution in [0.25, 0.3) is 16.8 Å². The van der Waals surface area contributed by atoms with Crippen molar-refractivity contribution in [3.05, 3.63) is 54.4 Å². The molecule has 4 aromatic heterocycles. The predicted molar refractivity (Wildman–Crippen MR) is 125 cm³/mol. The van der Waals surface area contributed by atoms with Gasteiger partial charge in [0.25, 0.3) is 0 Å². The van der Waals surface area contributed by atoms with E-state index in [-0.39, 0.29) is 12.6 Å². The van der Waals surface area contributed by atoms with Gasteiger partial charge in [-0.15, -0.1) is 0 Å². The van der Waals surface area contributed by atoms with E-state index in [1.165, 1.54) is 0 Å². The van der Waals surface area contributed by atoms with Crippen LogP contribution in [0.15, 0.2) is 43.0 Å². The number of nitrogens with one attached hydrogen (secondary N) is 3. The lowest BCUT2D eigenvalue weighted by molar-refractivity contribution is 0.0615. The van der Waals surface area contributed by atoms with Gasteiger partial charge in [0.2, 0.25) is 5.95 Å². The number of H-pyrrole nitrogens is 1. The third-order valence-corrected chi connectivity index (χ3v) is 5.57. The first-order chi connectivity index (χ1) is 16.9. The van der Waals surface area contributed by atoms with Crippen LogP contribution in [0, 0.1) is 6.92 Å². The van der Waals surface area contributed by atoms with Crippen molar-refractivity contribution in [2.75, 3.05) is 11.9 Å². The quantitative estimate of drug-likeness (QED) is 0.382. The second-order valence-electron chi connectivity index (χ2n) is 8.53. The van der Waals surface area contributed by atoms with E-state index in [9.17, 15) is 9.18 Å². The van der Waals surface area contributed by atoms with Gasteiger partial charge in [0.1, 0.15) is 11.8 Å². The maximum absolute atomic E-state index is 15.0. The summed E-state index contributed by atoms with van der Waals surface area (Å²) >= 11 is 0. The molecule has 3 atom stereocenters. The number of carbonyl (C=O) groups is 1. The molecule has 35 heavy (non-hydrogen) atoms. The number of alkyl halides is 1. The number of aromatic amines is 1. The number of anilines is 2. The zero-order valence-electron chi connectivity index (χ0n) is 19.4. The highest BCUT2D eigenvalue weighted by Crippen LogP contribution is 2.34. The van der Waals surface area contributed by atoms with E-state index in [4.69, 9.17) is 14.5 Å². The van der Waals surface area contributed by atoms with Crippen molar-refractivity contribution in [3.8, 4) is 11.1 Å². The van der Waals surface area contributed by atoms with Gasteiger partial charge in [-0.1, -0.05) is 6.07 Å². The zero-order valence-corrected chi connectivity index (χ0v) is 19.4. The molecule has 4 aromatic rings. The molecule has 12 heteroatoms. The molecule has 0 saturated carbocycles. The summed E-state index contributed by atoms with van der Waals surface area (Å²) in [6, 6.07) is 5.35. The second-order valence-corrected chi connectivity index (χ2v) is 8.53. The zero-order chi connectivity index (χ0) is 24.5. The van der Waals surface area contributed by atoms with Crippen molar-refractivity contribution in [2.45, 2.75) is 45.2 Å². The van der Waals surface area contributed by atoms with Gasteiger partial charge in [0.15, 0.2) is 18.1 Å². The molecule has 1 aliphatic heterocycles. The van der Waals surface area contributed by atoms with Crippen LogP contribution in [0.5, 0.6) is 0 Å². The molecular weight excluding hydrogens is 455 g/mol. The Morgan fingerprint density at radius 1 is 1.37 bits per heavy atom. The van der Waals surface area contributed by atoms with E-state index in [2.05, 4.69) is 30.8 Å². The Balaban J connectivity index is 1.34. The van der Waals surface area contributed by atoms with Gasteiger partial charge < -0.3 is 20.1 Å². The van der Waals surface area contributed by atoms with Crippen molar-refractivity contribution in [1.82, 2.24) is 34.9 Å². The fourth-order valence-corrected chi connectivity index (χ4v) is 4.03. The number of ether oxygens (including phenoxy) is 2. The highest BCUT2D eigenvalue weighted by atomic mass is 19.1. The van der Waals surface area contributed by atoms with Gasteiger partial charge in [0.05, 0.1) is 18.0 Å². The molecule has 1 aliphatic rings. The number of aromatic nitrogens is 6. The largest absolute Gasteiger partial charge is 0.441 e. The number of halogens is 1. The summed E-state index contributed by atoms with van der Waals surface area (Å²) in [5, 5.41) is 12.8. The van der Waals surface area contributed by atoms with Crippen LogP contribution in [0.2, 0.25) is 0 Å². The predicted octanol–water partition coefficient (Wildman–Crippen LogP) is 3.48. The molecule has 1 saturated heterocycles. The van der Waals surface area contributed by atoms with E-state index in [0.717, 1.165) is 16.8 Å². The lowest BCUT2D eigenvalue weighted by atomic mass is 10.1. The average Bonchev–Trinajstić information content (AvgIpc) is 3.55. The first kappa shape index (κ1) is 22.7. The van der Waals surface area contributed by atoms with E-state index in [0.29, 0.717) is 23.1 Å². The Morgan fingerprint density at radius 3 is 3.00 bits per heavy atom. The molecule has 0 bridgehead atoms. The number of aryl methyl sites for hydroxylation is 1. The number of pyridine rings is 1. The lowest BCUT2D eigenvalue weighted by Crippen LogP contribution is -2.36. The number of amides is 1. The number of alkyl carbamates (subject to hydrolysis) is 1. The van der Waals surface area contributed by atoms with E-state index >= 15 is 0 Å². The molecule has 5 heterocycles. The number of nitrogens with zero attached hydrogens (tertiary/aromatic N) is 5. The second kappa shape index (κ2) is 9.29. The topological polar surface area (TPSA) is 131 Å². The van der Waals surface area contributed by atoms with Gasteiger partial charge in [-0.3, -0.25) is 14.5 Å². The number of fused-ring (bicyclic) bond motifs is 1. The monoisotopic (exact) mass is 480 g/mol. The summed E-state index contributed by atoms with van der Waals surface area (Å²) in [7, 11) is 0. The first-order valence-corrected chi connectivity index (χ1v) is 11.2. The molecule has 11 nitrogen and oxygen atoms in total. The van der Waals surface area contributed by atoms with Crippen molar-refractivity contribution < 1.29 is 18.7 Å². The van der Waals surface area contributed by atoms with Crippen molar-refractivity contribution >= 4 is 23.5 Å². The summed E-state index contributed by atoms with van der Waals surface area (Å²) in [6.07, 6.45) is 2.80. The Labute approximate surface area is 200 Å². The smallest absolute Gasteiger partial charge is 0.407 e.